The van der Waals surface area contributed by atoms with Gasteiger partial charge in [-0.05, 0) is 6.42 Å². The minimum atomic E-state index is 0.396. The van der Waals surface area contributed by atoms with Crippen LogP contribution in [0.2, 0.25) is 0 Å². The summed E-state index contributed by atoms with van der Waals surface area (Å²) >= 11 is 0. The van der Waals surface area contributed by atoms with E-state index in [1.165, 1.54) is 32.0 Å². The van der Waals surface area contributed by atoms with Crippen LogP contribution in [0.15, 0.2) is 6.33 Å². The number of nitrogen functional groups attached to an aromatic ring is 1. The van der Waals surface area contributed by atoms with Gasteiger partial charge in [-0.2, -0.15) is 0 Å². The predicted octanol–water partition coefficient (Wildman–Crippen LogP) is 1.77. The molecule has 0 unspecified atom stereocenters. The number of anilines is 1. The normalized spacial score (nSPS) is 11.1. The maximum absolute atomic E-state index is 5.70. The zero-order valence-corrected chi connectivity index (χ0v) is 10.1. The molecule has 0 aliphatic heterocycles. The fourth-order valence-corrected chi connectivity index (χ4v) is 1.82. The molecule has 0 saturated carbocycles. The van der Waals surface area contributed by atoms with Gasteiger partial charge in [0.1, 0.15) is 6.33 Å². The van der Waals surface area contributed by atoms with Crippen LogP contribution in [0.3, 0.4) is 0 Å². The molecule has 0 aliphatic rings. The highest BCUT2D eigenvalue weighted by Crippen LogP contribution is 2.13. The number of fused-ring (bicyclic) bond motifs is 1. The topological polar surface area (TPSA) is 82.5 Å². The lowest BCUT2D eigenvalue weighted by Crippen LogP contribution is -2.02. The molecule has 0 amide bonds. The lowest BCUT2D eigenvalue weighted by Gasteiger charge is -2.01. The van der Waals surface area contributed by atoms with Crippen LogP contribution in [0.4, 0.5) is 5.82 Å². The third-order valence-corrected chi connectivity index (χ3v) is 2.80. The summed E-state index contributed by atoms with van der Waals surface area (Å²) in [6.45, 7) is 3.06. The summed E-state index contributed by atoms with van der Waals surface area (Å²) in [6, 6.07) is 0. The summed E-state index contributed by atoms with van der Waals surface area (Å²) in [6.07, 6.45) is 7.61. The van der Waals surface area contributed by atoms with E-state index in [1.54, 1.807) is 4.68 Å². The minimum Gasteiger partial charge on any atom is -0.382 e. The molecule has 0 aromatic carbocycles. The molecule has 0 radical (unpaired) electrons. The van der Waals surface area contributed by atoms with Gasteiger partial charge in [0.05, 0.1) is 0 Å². The molecule has 0 fully saturated rings. The van der Waals surface area contributed by atoms with Gasteiger partial charge in [-0.25, -0.2) is 14.6 Å². The Hall–Kier alpha value is -1.72. The predicted molar refractivity (Wildman–Crippen MR) is 66.3 cm³/mol. The average Bonchev–Trinajstić information content (AvgIpc) is 2.74. The van der Waals surface area contributed by atoms with E-state index >= 15 is 0 Å². The summed E-state index contributed by atoms with van der Waals surface area (Å²) in [4.78, 5) is 8.06. The van der Waals surface area contributed by atoms with Crippen molar-refractivity contribution in [3.63, 3.8) is 0 Å². The Bertz CT molecular complexity index is 478. The van der Waals surface area contributed by atoms with Gasteiger partial charge in [0.2, 0.25) is 0 Å². The maximum atomic E-state index is 5.70. The second-order valence-electron chi connectivity index (χ2n) is 4.16. The highest BCUT2D eigenvalue weighted by atomic mass is 15.4. The SMILES string of the molecule is CCCCCCCn1nnc2c(N)ncnc21. The summed E-state index contributed by atoms with van der Waals surface area (Å²) in [5.41, 5.74) is 7.02. The van der Waals surface area contributed by atoms with Crippen molar-refractivity contribution < 1.29 is 0 Å². The quantitative estimate of drug-likeness (QED) is 0.770. The summed E-state index contributed by atoms with van der Waals surface area (Å²) < 4.78 is 1.80. The van der Waals surface area contributed by atoms with Crippen LogP contribution in [-0.2, 0) is 6.54 Å². The van der Waals surface area contributed by atoms with E-state index in [4.69, 9.17) is 5.73 Å². The fourth-order valence-electron chi connectivity index (χ4n) is 1.82. The lowest BCUT2D eigenvalue weighted by atomic mass is 10.1. The summed E-state index contributed by atoms with van der Waals surface area (Å²) in [5, 5.41) is 8.05. The molecule has 0 spiro atoms. The van der Waals surface area contributed by atoms with Crippen LogP contribution < -0.4 is 5.73 Å². The third-order valence-electron chi connectivity index (χ3n) is 2.80. The number of hydrogen-bond donors (Lipinski definition) is 1. The molecule has 2 N–H and O–H groups in total. The Balaban J connectivity index is 1.97. The van der Waals surface area contributed by atoms with E-state index in [0.717, 1.165) is 18.6 Å². The first kappa shape index (κ1) is 11.8. The molecule has 0 bridgehead atoms. The van der Waals surface area contributed by atoms with Gasteiger partial charge >= 0.3 is 0 Å². The number of aromatic nitrogens is 5. The molecule has 0 aliphatic carbocycles. The van der Waals surface area contributed by atoms with Crippen molar-refractivity contribution in [2.45, 2.75) is 45.6 Å². The van der Waals surface area contributed by atoms with Gasteiger partial charge in [-0.3, -0.25) is 0 Å². The Morgan fingerprint density at radius 3 is 2.82 bits per heavy atom. The molecule has 0 atom stereocenters. The smallest absolute Gasteiger partial charge is 0.183 e. The van der Waals surface area contributed by atoms with Crippen molar-refractivity contribution in [2.75, 3.05) is 5.73 Å². The molecular formula is C11H18N6. The molecule has 2 aromatic heterocycles. The molecule has 92 valence electrons. The number of nitrogens with zero attached hydrogens (tertiary/aromatic N) is 5. The standard InChI is InChI=1S/C11H18N6/c1-2-3-4-5-6-7-17-11-9(15-16-17)10(12)13-8-14-11/h8H,2-7H2,1H3,(H2,12,13,14). The van der Waals surface area contributed by atoms with Gasteiger partial charge in [0.15, 0.2) is 17.0 Å². The van der Waals surface area contributed by atoms with E-state index in [9.17, 15) is 0 Å². The number of rotatable bonds is 6. The summed E-state index contributed by atoms with van der Waals surface area (Å²) in [5.74, 6) is 0.396. The van der Waals surface area contributed by atoms with Gasteiger partial charge in [0.25, 0.3) is 0 Å². The second kappa shape index (κ2) is 5.56. The van der Waals surface area contributed by atoms with Crippen molar-refractivity contribution in [2.24, 2.45) is 0 Å². The zero-order valence-electron chi connectivity index (χ0n) is 10.1. The first-order valence-electron chi connectivity index (χ1n) is 6.12. The third kappa shape index (κ3) is 2.69. The van der Waals surface area contributed by atoms with Crippen LogP contribution in [0.25, 0.3) is 11.2 Å². The highest BCUT2D eigenvalue weighted by Gasteiger charge is 2.08. The first-order chi connectivity index (χ1) is 8.33. The Morgan fingerprint density at radius 2 is 2.00 bits per heavy atom. The molecular weight excluding hydrogens is 216 g/mol. The summed E-state index contributed by atoms with van der Waals surface area (Å²) in [7, 11) is 0. The molecule has 6 nitrogen and oxygen atoms in total. The molecule has 0 saturated heterocycles. The Morgan fingerprint density at radius 1 is 1.18 bits per heavy atom. The van der Waals surface area contributed by atoms with Crippen molar-refractivity contribution in [1.82, 2.24) is 25.0 Å². The zero-order chi connectivity index (χ0) is 12.1. The minimum absolute atomic E-state index is 0.396. The molecule has 2 rings (SSSR count). The van der Waals surface area contributed by atoms with Crippen molar-refractivity contribution in [1.29, 1.82) is 0 Å². The average molecular weight is 234 g/mol. The highest BCUT2D eigenvalue weighted by molar-refractivity contribution is 5.80. The number of hydrogen-bond acceptors (Lipinski definition) is 5. The number of aryl methyl sites for hydroxylation is 1. The maximum Gasteiger partial charge on any atom is 0.183 e. The van der Waals surface area contributed by atoms with Crippen molar-refractivity contribution in [3.8, 4) is 0 Å². The van der Waals surface area contributed by atoms with Gasteiger partial charge in [-0.1, -0.05) is 37.8 Å². The molecule has 6 heteroatoms. The van der Waals surface area contributed by atoms with E-state index < -0.39 is 0 Å². The monoisotopic (exact) mass is 234 g/mol. The van der Waals surface area contributed by atoms with Crippen molar-refractivity contribution in [3.05, 3.63) is 6.33 Å². The molecule has 2 aromatic rings. The Labute approximate surface area is 100 Å². The molecule has 2 heterocycles. The number of unbranched alkanes of at least 4 members (excludes halogenated alkanes) is 4. The van der Waals surface area contributed by atoms with Gasteiger partial charge in [0, 0.05) is 6.54 Å². The van der Waals surface area contributed by atoms with Crippen LogP contribution in [0, 0.1) is 0 Å². The number of nitrogens with two attached hydrogens (primary N) is 1. The van der Waals surface area contributed by atoms with Crippen LogP contribution in [0.1, 0.15) is 39.0 Å². The largest absolute Gasteiger partial charge is 0.382 e. The molecule has 17 heavy (non-hydrogen) atoms. The van der Waals surface area contributed by atoms with E-state index in [-0.39, 0.29) is 0 Å². The van der Waals surface area contributed by atoms with E-state index in [0.29, 0.717) is 11.3 Å². The van der Waals surface area contributed by atoms with Crippen LogP contribution in [0.5, 0.6) is 0 Å². The van der Waals surface area contributed by atoms with Crippen LogP contribution in [-0.4, -0.2) is 25.0 Å². The Kier molecular flexibility index (Phi) is 3.85. The first-order valence-corrected chi connectivity index (χ1v) is 6.12. The van der Waals surface area contributed by atoms with Crippen LogP contribution >= 0.6 is 0 Å². The lowest BCUT2D eigenvalue weighted by molar-refractivity contribution is 0.529. The van der Waals surface area contributed by atoms with Gasteiger partial charge < -0.3 is 5.73 Å². The second-order valence-corrected chi connectivity index (χ2v) is 4.16. The fraction of sp³-hybridized carbons (Fsp3) is 0.636. The van der Waals surface area contributed by atoms with E-state index in [2.05, 4.69) is 27.2 Å². The van der Waals surface area contributed by atoms with Gasteiger partial charge in [-0.15, -0.1) is 5.10 Å². The van der Waals surface area contributed by atoms with E-state index in [1.807, 2.05) is 0 Å². The van der Waals surface area contributed by atoms with Crippen molar-refractivity contribution >= 4 is 17.0 Å².